The van der Waals surface area contributed by atoms with Gasteiger partial charge >= 0.3 is 11.8 Å². The molecule has 0 unspecified atom stereocenters. The van der Waals surface area contributed by atoms with Gasteiger partial charge in [0.05, 0.1) is 11.5 Å². The number of nitrogens with two attached hydrogens (primary N) is 1. The molecule has 0 aromatic carbocycles. The molecule has 0 aromatic rings. The van der Waals surface area contributed by atoms with Crippen molar-refractivity contribution in [2.75, 3.05) is 27.2 Å². The first-order chi connectivity index (χ1) is 7.66. The van der Waals surface area contributed by atoms with E-state index in [2.05, 4.69) is 22.9 Å². The fourth-order valence-corrected chi connectivity index (χ4v) is 0.855. The molecule has 0 rings (SSSR count). The van der Waals surface area contributed by atoms with E-state index in [0.29, 0.717) is 6.54 Å². The van der Waals surface area contributed by atoms with E-state index in [9.17, 15) is 9.59 Å². The van der Waals surface area contributed by atoms with Crippen LogP contribution in [0.3, 0.4) is 0 Å². The van der Waals surface area contributed by atoms with E-state index in [-0.39, 0.29) is 17.1 Å². The Balaban J connectivity index is 4.10. The second-order valence-corrected chi connectivity index (χ2v) is 5.06. The first-order valence-electron chi connectivity index (χ1n) is 5.18. The normalized spacial score (nSPS) is 11.1. The lowest BCUT2D eigenvalue weighted by Gasteiger charge is -2.32. The lowest BCUT2D eigenvalue weighted by Crippen LogP contribution is -2.51. The van der Waals surface area contributed by atoms with E-state index < -0.39 is 11.8 Å². The Morgan fingerprint density at radius 2 is 1.71 bits per heavy atom. The monoisotopic (exact) mass is 260 g/mol. The van der Waals surface area contributed by atoms with Crippen molar-refractivity contribution in [2.45, 2.75) is 19.4 Å². The first-order valence-corrected chi connectivity index (χ1v) is 5.59. The highest BCUT2D eigenvalue weighted by atomic mass is 32.1. The molecule has 0 atom stereocenters. The zero-order chi connectivity index (χ0) is 13.6. The zero-order valence-corrected chi connectivity index (χ0v) is 11.5. The average Bonchev–Trinajstić information content (AvgIpc) is 2.22. The Morgan fingerprint density at radius 3 is 2.12 bits per heavy atom. The molecule has 17 heavy (non-hydrogen) atoms. The quantitative estimate of drug-likeness (QED) is 0.429. The molecule has 0 heterocycles. The van der Waals surface area contributed by atoms with Crippen LogP contribution in [0.1, 0.15) is 13.8 Å². The maximum atomic E-state index is 11.4. The summed E-state index contributed by atoms with van der Waals surface area (Å²) >= 11 is 4.58. The number of likely N-dealkylation sites (N-methyl/N-ethyl adjacent to an activating group) is 1. The van der Waals surface area contributed by atoms with Crippen LogP contribution < -0.4 is 16.4 Å². The van der Waals surface area contributed by atoms with E-state index in [1.807, 2.05) is 32.8 Å². The topological polar surface area (TPSA) is 87.5 Å². The van der Waals surface area contributed by atoms with Crippen LogP contribution >= 0.6 is 12.2 Å². The van der Waals surface area contributed by atoms with E-state index in [0.717, 1.165) is 0 Å². The summed E-state index contributed by atoms with van der Waals surface area (Å²) in [6.07, 6.45) is 0. The lowest BCUT2D eigenvalue weighted by molar-refractivity contribution is -0.139. The number of nitrogens with zero attached hydrogens (tertiary/aromatic N) is 1. The molecule has 0 aromatic heterocycles. The van der Waals surface area contributed by atoms with Gasteiger partial charge in [0.25, 0.3) is 0 Å². The third-order valence-corrected chi connectivity index (χ3v) is 2.67. The molecule has 98 valence electrons. The Morgan fingerprint density at radius 1 is 1.24 bits per heavy atom. The van der Waals surface area contributed by atoms with Crippen LogP contribution in [0.25, 0.3) is 0 Å². The molecule has 0 aliphatic carbocycles. The number of rotatable bonds is 5. The van der Waals surface area contributed by atoms with Gasteiger partial charge in [-0.25, -0.2) is 0 Å². The van der Waals surface area contributed by atoms with Gasteiger partial charge in [-0.1, -0.05) is 12.2 Å². The number of amides is 2. The fourth-order valence-electron chi connectivity index (χ4n) is 0.783. The predicted molar refractivity (Wildman–Crippen MR) is 70.6 cm³/mol. The van der Waals surface area contributed by atoms with Gasteiger partial charge in [0.2, 0.25) is 0 Å². The SMILES string of the molecule is CN(C)C(C)(C)CNC(=O)C(=O)NCC(N)=S. The Bertz CT molecular complexity index is 315. The number of carbonyl (C=O) groups excluding carboxylic acids is 2. The number of hydrogen-bond donors (Lipinski definition) is 3. The molecule has 0 aliphatic rings. The molecular formula is C10H20N4O2S. The van der Waals surface area contributed by atoms with Crippen LogP contribution in [-0.2, 0) is 9.59 Å². The van der Waals surface area contributed by atoms with Crippen molar-refractivity contribution in [1.82, 2.24) is 15.5 Å². The number of hydrogen-bond acceptors (Lipinski definition) is 4. The van der Waals surface area contributed by atoms with E-state index in [1.165, 1.54) is 0 Å². The minimum absolute atomic E-state index is 0.0264. The standard InChI is InChI=1S/C10H20N4O2S/c1-10(2,14(3)4)6-13-9(16)8(15)12-5-7(11)17/h5-6H2,1-4H3,(H2,11,17)(H,12,15)(H,13,16). The highest BCUT2D eigenvalue weighted by Crippen LogP contribution is 2.07. The van der Waals surface area contributed by atoms with Crippen LogP contribution in [0.15, 0.2) is 0 Å². The third kappa shape index (κ3) is 6.18. The van der Waals surface area contributed by atoms with Crippen molar-refractivity contribution in [3.05, 3.63) is 0 Å². The van der Waals surface area contributed by atoms with Gasteiger partial charge in [0.1, 0.15) is 0 Å². The van der Waals surface area contributed by atoms with E-state index in [1.54, 1.807) is 0 Å². The number of nitrogens with one attached hydrogen (secondary N) is 2. The number of carbonyl (C=O) groups is 2. The summed E-state index contributed by atoms with van der Waals surface area (Å²) in [7, 11) is 3.80. The van der Waals surface area contributed by atoms with Crippen molar-refractivity contribution in [3.8, 4) is 0 Å². The van der Waals surface area contributed by atoms with Crippen molar-refractivity contribution >= 4 is 29.0 Å². The summed E-state index contributed by atoms with van der Waals surface area (Å²) < 4.78 is 0. The molecule has 0 aliphatic heterocycles. The van der Waals surface area contributed by atoms with Crippen LogP contribution in [0.2, 0.25) is 0 Å². The Kier molecular flexibility index (Phi) is 6.04. The van der Waals surface area contributed by atoms with Crippen molar-refractivity contribution < 1.29 is 9.59 Å². The van der Waals surface area contributed by atoms with Crippen LogP contribution in [-0.4, -0.2) is 54.4 Å². The maximum Gasteiger partial charge on any atom is 0.309 e. The summed E-state index contributed by atoms with van der Waals surface area (Å²) in [6.45, 7) is 4.32. The molecule has 0 radical (unpaired) electrons. The minimum atomic E-state index is -0.729. The molecule has 0 bridgehead atoms. The van der Waals surface area contributed by atoms with Gasteiger partial charge in [-0.2, -0.15) is 0 Å². The first kappa shape index (κ1) is 15.8. The van der Waals surface area contributed by atoms with Crippen molar-refractivity contribution in [3.63, 3.8) is 0 Å². The van der Waals surface area contributed by atoms with E-state index in [4.69, 9.17) is 5.73 Å². The van der Waals surface area contributed by atoms with Crippen LogP contribution in [0, 0.1) is 0 Å². The summed E-state index contributed by atoms with van der Waals surface area (Å²) in [5.41, 5.74) is 4.98. The molecule has 7 heteroatoms. The summed E-state index contributed by atoms with van der Waals surface area (Å²) in [5.74, 6) is -1.41. The van der Waals surface area contributed by atoms with Gasteiger partial charge < -0.3 is 21.3 Å². The largest absolute Gasteiger partial charge is 0.392 e. The summed E-state index contributed by atoms with van der Waals surface area (Å²) in [5, 5.41) is 4.87. The summed E-state index contributed by atoms with van der Waals surface area (Å²) in [4.78, 5) is 24.8. The van der Waals surface area contributed by atoms with Crippen molar-refractivity contribution in [1.29, 1.82) is 0 Å². The second kappa shape index (κ2) is 6.51. The lowest BCUT2D eigenvalue weighted by atomic mass is 10.0. The highest BCUT2D eigenvalue weighted by Gasteiger charge is 2.22. The minimum Gasteiger partial charge on any atom is -0.392 e. The van der Waals surface area contributed by atoms with E-state index >= 15 is 0 Å². The second-order valence-electron chi connectivity index (χ2n) is 4.54. The predicted octanol–water partition coefficient (Wildman–Crippen LogP) is -1.15. The van der Waals surface area contributed by atoms with Gasteiger partial charge in [-0.15, -0.1) is 0 Å². The maximum absolute atomic E-state index is 11.4. The van der Waals surface area contributed by atoms with Gasteiger partial charge in [0.15, 0.2) is 0 Å². The molecule has 2 amide bonds. The molecule has 0 fully saturated rings. The van der Waals surface area contributed by atoms with Gasteiger partial charge in [-0.05, 0) is 27.9 Å². The highest BCUT2D eigenvalue weighted by molar-refractivity contribution is 7.80. The van der Waals surface area contributed by atoms with Gasteiger partial charge in [-0.3, -0.25) is 9.59 Å². The van der Waals surface area contributed by atoms with Crippen LogP contribution in [0.4, 0.5) is 0 Å². The zero-order valence-electron chi connectivity index (χ0n) is 10.7. The molecule has 6 nitrogen and oxygen atoms in total. The van der Waals surface area contributed by atoms with Crippen LogP contribution in [0.5, 0.6) is 0 Å². The number of thiocarbonyl (C=S) groups is 1. The molecule has 4 N–H and O–H groups in total. The smallest absolute Gasteiger partial charge is 0.309 e. The fraction of sp³-hybridized carbons (Fsp3) is 0.700. The molecule has 0 saturated heterocycles. The molecule has 0 saturated carbocycles. The van der Waals surface area contributed by atoms with Gasteiger partial charge in [0, 0.05) is 12.1 Å². The average molecular weight is 260 g/mol. The molecule has 0 spiro atoms. The Labute approximate surface area is 107 Å². The summed E-state index contributed by atoms with van der Waals surface area (Å²) in [6, 6.07) is 0. The molecular weight excluding hydrogens is 240 g/mol. The third-order valence-electron chi connectivity index (χ3n) is 2.52. The Hall–Kier alpha value is -1.21. The van der Waals surface area contributed by atoms with Crippen molar-refractivity contribution in [2.24, 2.45) is 5.73 Å².